The van der Waals surface area contributed by atoms with E-state index in [0.29, 0.717) is 5.95 Å². The van der Waals surface area contributed by atoms with E-state index in [9.17, 15) is 0 Å². The quantitative estimate of drug-likeness (QED) is 0.291. The molecule has 2 aromatic heterocycles. The third kappa shape index (κ3) is 2.15. The van der Waals surface area contributed by atoms with Crippen LogP contribution >= 0.6 is 0 Å². The molecule has 0 aliphatic heterocycles. The van der Waals surface area contributed by atoms with Gasteiger partial charge in [-0.15, -0.1) is 0 Å². The molecule has 0 spiro atoms. The van der Waals surface area contributed by atoms with Crippen LogP contribution in [0.2, 0.25) is 0 Å². The summed E-state index contributed by atoms with van der Waals surface area (Å²) >= 11 is 0. The van der Waals surface area contributed by atoms with Crippen LogP contribution in [-0.4, -0.2) is 14.5 Å². The molecular formula is C29H21N3. The highest BCUT2D eigenvalue weighted by Crippen LogP contribution is 2.51. The number of fused-ring (bicyclic) bond motifs is 8. The topological polar surface area (TPSA) is 30.7 Å². The number of nitrogens with zero attached hydrogens (tertiary/aromatic N) is 3. The van der Waals surface area contributed by atoms with Crippen molar-refractivity contribution in [1.82, 2.24) is 14.5 Å². The zero-order chi connectivity index (χ0) is 21.4. The summed E-state index contributed by atoms with van der Waals surface area (Å²) in [7, 11) is 0. The summed E-state index contributed by atoms with van der Waals surface area (Å²) in [5.41, 5.74) is 7.71. The van der Waals surface area contributed by atoms with Gasteiger partial charge in [-0.05, 0) is 57.3 Å². The van der Waals surface area contributed by atoms with Gasteiger partial charge < -0.3 is 0 Å². The maximum absolute atomic E-state index is 4.59. The molecular weight excluding hydrogens is 390 g/mol. The molecule has 0 unspecified atom stereocenters. The van der Waals surface area contributed by atoms with Gasteiger partial charge in [-0.2, -0.15) is 0 Å². The van der Waals surface area contributed by atoms with Gasteiger partial charge in [0.2, 0.25) is 5.95 Å². The van der Waals surface area contributed by atoms with E-state index in [1.807, 2.05) is 6.07 Å². The maximum Gasteiger partial charge on any atom is 0.234 e. The second kappa shape index (κ2) is 6.04. The first-order chi connectivity index (χ1) is 15.6. The van der Waals surface area contributed by atoms with Crippen LogP contribution in [0.5, 0.6) is 0 Å². The van der Waals surface area contributed by atoms with Gasteiger partial charge in [-0.3, -0.25) is 4.57 Å². The van der Waals surface area contributed by atoms with Crippen LogP contribution in [-0.2, 0) is 5.41 Å². The molecule has 0 fully saturated rings. The van der Waals surface area contributed by atoms with Crippen molar-refractivity contribution in [3.8, 4) is 17.1 Å². The number of benzene rings is 4. The normalized spacial score (nSPS) is 14.2. The van der Waals surface area contributed by atoms with Gasteiger partial charge in [0.15, 0.2) is 0 Å². The summed E-state index contributed by atoms with van der Waals surface area (Å²) in [6.45, 7) is 4.69. The van der Waals surface area contributed by atoms with Crippen LogP contribution < -0.4 is 0 Å². The van der Waals surface area contributed by atoms with E-state index >= 15 is 0 Å². The van der Waals surface area contributed by atoms with Crippen molar-refractivity contribution in [3.63, 3.8) is 0 Å². The van der Waals surface area contributed by atoms with Gasteiger partial charge in [-0.1, -0.05) is 68.4 Å². The van der Waals surface area contributed by atoms with E-state index in [4.69, 9.17) is 0 Å². The fourth-order valence-electron chi connectivity index (χ4n) is 5.71. The Kier molecular flexibility index (Phi) is 3.34. The molecule has 152 valence electrons. The molecule has 6 aromatic rings. The molecule has 3 nitrogen and oxygen atoms in total. The van der Waals surface area contributed by atoms with Crippen molar-refractivity contribution in [2.75, 3.05) is 0 Å². The van der Waals surface area contributed by atoms with Crippen molar-refractivity contribution >= 4 is 32.6 Å². The van der Waals surface area contributed by atoms with Crippen LogP contribution in [0.15, 0.2) is 91.3 Å². The minimum atomic E-state index is -0.0563. The van der Waals surface area contributed by atoms with E-state index in [2.05, 4.69) is 101 Å². The van der Waals surface area contributed by atoms with Gasteiger partial charge >= 0.3 is 0 Å². The first-order valence-electron chi connectivity index (χ1n) is 11.0. The fraction of sp³-hybridized carbons (Fsp3) is 0.103. The molecule has 3 heteroatoms. The molecule has 0 radical (unpaired) electrons. The Labute approximate surface area is 186 Å². The van der Waals surface area contributed by atoms with Crippen molar-refractivity contribution in [2.45, 2.75) is 19.3 Å². The van der Waals surface area contributed by atoms with Gasteiger partial charge in [0.25, 0.3) is 0 Å². The molecule has 0 atom stereocenters. The van der Waals surface area contributed by atoms with Crippen LogP contribution in [0, 0.1) is 0 Å². The first-order valence-corrected chi connectivity index (χ1v) is 11.0. The van der Waals surface area contributed by atoms with E-state index in [0.717, 1.165) is 11.0 Å². The molecule has 1 aliphatic carbocycles. The third-order valence-electron chi connectivity index (χ3n) is 7.08. The number of rotatable bonds is 1. The minimum absolute atomic E-state index is 0.0563. The molecule has 32 heavy (non-hydrogen) atoms. The molecule has 0 bridgehead atoms. The Hall–Kier alpha value is -3.98. The average molecular weight is 412 g/mol. The van der Waals surface area contributed by atoms with Gasteiger partial charge in [0.05, 0.1) is 11.0 Å². The van der Waals surface area contributed by atoms with Gasteiger partial charge in [0.1, 0.15) is 0 Å². The Balaban J connectivity index is 1.66. The summed E-state index contributed by atoms with van der Waals surface area (Å²) in [4.78, 5) is 9.17. The molecule has 1 aliphatic rings. The van der Waals surface area contributed by atoms with Crippen LogP contribution in [0.25, 0.3) is 49.7 Å². The van der Waals surface area contributed by atoms with Gasteiger partial charge in [0, 0.05) is 28.6 Å². The standard InChI is InChI=1S/C29H21N3/c1-29(2)24-10-5-3-8-19(24)21-13-12-18-16-23-20-9-4-6-11-25(20)32(28-30-14-7-15-31-28)26(23)17-22(18)27(21)29/h3-17H,1-2H3. The highest BCUT2D eigenvalue weighted by molar-refractivity contribution is 6.14. The first kappa shape index (κ1) is 17.7. The van der Waals surface area contributed by atoms with Crippen molar-refractivity contribution in [2.24, 2.45) is 0 Å². The summed E-state index contributed by atoms with van der Waals surface area (Å²) < 4.78 is 2.19. The molecule has 0 amide bonds. The Morgan fingerprint density at radius 2 is 1.44 bits per heavy atom. The Morgan fingerprint density at radius 3 is 2.31 bits per heavy atom. The SMILES string of the molecule is CC1(C)c2ccccc2-c2ccc3cc4c5ccccc5n(-c5ncccn5)c4cc3c21. The van der Waals surface area contributed by atoms with E-state index in [1.54, 1.807) is 12.4 Å². The Morgan fingerprint density at radius 1 is 0.656 bits per heavy atom. The second-order valence-corrected chi connectivity index (χ2v) is 9.15. The van der Waals surface area contributed by atoms with E-state index in [1.165, 1.54) is 43.8 Å². The highest BCUT2D eigenvalue weighted by atomic mass is 15.1. The molecule has 7 rings (SSSR count). The lowest BCUT2D eigenvalue weighted by molar-refractivity contribution is 0.666. The largest absolute Gasteiger partial charge is 0.278 e. The fourth-order valence-corrected chi connectivity index (χ4v) is 5.71. The highest BCUT2D eigenvalue weighted by Gasteiger charge is 2.36. The van der Waals surface area contributed by atoms with Gasteiger partial charge in [-0.25, -0.2) is 9.97 Å². The van der Waals surface area contributed by atoms with Crippen LogP contribution in [0.3, 0.4) is 0 Å². The van der Waals surface area contributed by atoms with Crippen molar-refractivity contribution in [1.29, 1.82) is 0 Å². The molecule has 2 heterocycles. The third-order valence-corrected chi connectivity index (χ3v) is 7.08. The Bertz CT molecular complexity index is 1690. The second-order valence-electron chi connectivity index (χ2n) is 9.15. The number of aromatic nitrogens is 3. The molecule has 4 aromatic carbocycles. The van der Waals surface area contributed by atoms with Crippen molar-refractivity contribution < 1.29 is 0 Å². The summed E-state index contributed by atoms with van der Waals surface area (Å²) in [5.74, 6) is 0.702. The maximum atomic E-state index is 4.59. The summed E-state index contributed by atoms with van der Waals surface area (Å²) in [6, 6.07) is 28.5. The number of para-hydroxylation sites is 1. The monoisotopic (exact) mass is 411 g/mol. The predicted molar refractivity (Wildman–Crippen MR) is 131 cm³/mol. The van der Waals surface area contributed by atoms with Crippen molar-refractivity contribution in [3.05, 3.63) is 102 Å². The molecule has 0 N–H and O–H groups in total. The molecule has 0 saturated heterocycles. The summed E-state index contributed by atoms with van der Waals surface area (Å²) in [6.07, 6.45) is 3.61. The number of hydrogen-bond acceptors (Lipinski definition) is 2. The van der Waals surface area contributed by atoms with Crippen LogP contribution in [0.4, 0.5) is 0 Å². The lowest BCUT2D eigenvalue weighted by Gasteiger charge is -2.23. The molecule has 0 saturated carbocycles. The average Bonchev–Trinajstić information content (AvgIpc) is 3.27. The lowest BCUT2D eigenvalue weighted by Crippen LogP contribution is -2.15. The van der Waals surface area contributed by atoms with E-state index < -0.39 is 0 Å². The van der Waals surface area contributed by atoms with Crippen LogP contribution in [0.1, 0.15) is 25.0 Å². The minimum Gasteiger partial charge on any atom is -0.278 e. The lowest BCUT2D eigenvalue weighted by atomic mass is 9.80. The zero-order valence-corrected chi connectivity index (χ0v) is 18.0. The zero-order valence-electron chi connectivity index (χ0n) is 18.0. The summed E-state index contributed by atoms with van der Waals surface area (Å²) in [5, 5.41) is 5.03. The predicted octanol–water partition coefficient (Wildman–Crippen LogP) is 7.03. The van der Waals surface area contributed by atoms with E-state index in [-0.39, 0.29) is 5.41 Å². The smallest absolute Gasteiger partial charge is 0.234 e. The number of hydrogen-bond donors (Lipinski definition) is 0.